The fourth-order valence-electron chi connectivity index (χ4n) is 6.19. The van der Waals surface area contributed by atoms with Gasteiger partial charge in [0.1, 0.15) is 0 Å². The number of rotatable bonds is 7. The number of hydrogen-bond donors (Lipinski definition) is 0. The van der Waals surface area contributed by atoms with Gasteiger partial charge in [-0.05, 0) is 33.1 Å². The van der Waals surface area contributed by atoms with Crippen molar-refractivity contribution in [3.05, 3.63) is 142 Å². The van der Waals surface area contributed by atoms with Gasteiger partial charge in [0.15, 0.2) is 0 Å². The second-order valence-corrected chi connectivity index (χ2v) is 12.1. The van der Waals surface area contributed by atoms with E-state index in [2.05, 4.69) is 131 Å². The zero-order valence-corrected chi connectivity index (χ0v) is 29.1. The van der Waals surface area contributed by atoms with Crippen LogP contribution in [0.25, 0.3) is 27.1 Å². The van der Waals surface area contributed by atoms with Crippen molar-refractivity contribution in [1.29, 1.82) is 0 Å². The molecule has 6 rings (SSSR count). The zero-order valence-electron chi connectivity index (χ0n) is 25.1. The minimum atomic E-state index is 0. The maximum atomic E-state index is 2.45. The van der Waals surface area contributed by atoms with Crippen LogP contribution in [0, 0.1) is 13.8 Å². The second kappa shape index (κ2) is 15.9. The van der Waals surface area contributed by atoms with Crippen molar-refractivity contribution in [2.75, 3.05) is 0 Å². The Morgan fingerprint density at radius 3 is 1.93 bits per heavy atom. The maximum absolute atomic E-state index is 2.45. The molecule has 5 aromatic carbocycles. The molecule has 0 saturated heterocycles. The molecule has 1 aliphatic carbocycles. The molecule has 0 heterocycles. The van der Waals surface area contributed by atoms with Gasteiger partial charge >= 0.3 is 99.2 Å². The van der Waals surface area contributed by atoms with Gasteiger partial charge in [-0.2, -0.15) is 0 Å². The Balaban J connectivity index is 0.000000258. The summed E-state index contributed by atoms with van der Waals surface area (Å²) in [7, 11) is 0. The first kappa shape index (κ1) is 34.1. The summed E-state index contributed by atoms with van der Waals surface area (Å²) in [5, 5.41) is 5.84. The molecule has 42 heavy (non-hydrogen) atoms. The van der Waals surface area contributed by atoms with E-state index in [-0.39, 0.29) is 24.8 Å². The van der Waals surface area contributed by atoms with Gasteiger partial charge in [-0.15, -0.1) is 33.7 Å². The molecule has 3 heteroatoms. The molecular weight excluding hydrogens is 631 g/mol. The molecule has 0 N–H and O–H groups in total. The molecule has 0 spiro atoms. The summed E-state index contributed by atoms with van der Waals surface area (Å²) < 4.78 is 1.42. The summed E-state index contributed by atoms with van der Waals surface area (Å²) in [5.41, 5.74) is 11.7. The third-order valence-electron chi connectivity index (χ3n) is 8.03. The van der Waals surface area contributed by atoms with E-state index < -0.39 is 0 Å². The first-order chi connectivity index (χ1) is 19.5. The van der Waals surface area contributed by atoms with Crippen molar-refractivity contribution in [3.8, 4) is 0 Å². The summed E-state index contributed by atoms with van der Waals surface area (Å²) in [4.78, 5) is 0. The van der Waals surface area contributed by atoms with Crippen LogP contribution in [0.5, 0.6) is 0 Å². The van der Waals surface area contributed by atoms with Crippen molar-refractivity contribution >= 4 is 30.3 Å². The zero-order chi connectivity index (χ0) is 28.1. The molecule has 0 fully saturated rings. The molecule has 0 unspecified atom stereocenters. The number of fused-ring (bicyclic) bond motifs is 3. The summed E-state index contributed by atoms with van der Waals surface area (Å²) in [6, 6.07) is 30.5. The van der Waals surface area contributed by atoms with E-state index in [1.54, 1.807) is 11.1 Å². The third kappa shape index (κ3) is 7.19. The molecule has 0 amide bonds. The summed E-state index contributed by atoms with van der Waals surface area (Å²) in [6.45, 7) is 9.18. The van der Waals surface area contributed by atoms with E-state index >= 15 is 0 Å². The topological polar surface area (TPSA) is 0 Å². The molecule has 0 saturated carbocycles. The molecule has 0 atom stereocenters. The van der Waals surface area contributed by atoms with Crippen LogP contribution in [-0.2, 0) is 37.1 Å². The standard InChI is InChI=1S/C26H29.C13H10.2ClH.Zr/c1-5-9-21-18(4)25(19-11-7-8-12-19)24-16-20-15-17(3)13-14-22(20)26(24)23(21)10-6-2;1-3-7-12(8-4-1)11-13-9-5-2-6-10-13;;;/h7-8,11,13-16H,5-6,9-10,12H2,1-4H3;1-10H;2*1H;/q-1;;;;+2/p-2. The Labute approximate surface area is 279 Å². The number of allylic oxidation sites excluding steroid dienone is 4. The molecule has 0 bridgehead atoms. The van der Waals surface area contributed by atoms with E-state index in [4.69, 9.17) is 0 Å². The van der Waals surface area contributed by atoms with Crippen LogP contribution < -0.4 is 24.8 Å². The van der Waals surface area contributed by atoms with Crippen LogP contribution in [0.1, 0.15) is 72.1 Å². The van der Waals surface area contributed by atoms with Crippen LogP contribution in [0.15, 0.2) is 103 Å². The van der Waals surface area contributed by atoms with Gasteiger partial charge in [-0.1, -0.05) is 90.4 Å². The Hall–Kier alpha value is -2.44. The predicted octanol–water partition coefficient (Wildman–Crippen LogP) is 4.39. The fourth-order valence-corrected chi connectivity index (χ4v) is 7.01. The predicted molar refractivity (Wildman–Crippen MR) is 172 cm³/mol. The van der Waals surface area contributed by atoms with E-state index in [9.17, 15) is 0 Å². The Morgan fingerprint density at radius 1 is 0.786 bits per heavy atom. The summed E-state index contributed by atoms with van der Waals surface area (Å²) in [5.74, 6) is 0. The van der Waals surface area contributed by atoms with Crippen LogP contribution in [0.2, 0.25) is 0 Å². The van der Waals surface area contributed by atoms with Crippen molar-refractivity contribution in [1.82, 2.24) is 0 Å². The first-order valence-corrected chi connectivity index (χ1v) is 16.0. The van der Waals surface area contributed by atoms with E-state index in [1.165, 1.54) is 108 Å². The van der Waals surface area contributed by atoms with Gasteiger partial charge in [0.05, 0.1) is 0 Å². The number of benzene rings is 4. The van der Waals surface area contributed by atoms with Crippen molar-refractivity contribution in [2.45, 2.75) is 59.8 Å². The summed E-state index contributed by atoms with van der Waals surface area (Å²) >= 11 is 1.46. The minimum absolute atomic E-state index is 0. The van der Waals surface area contributed by atoms with Gasteiger partial charge in [0.25, 0.3) is 0 Å². The Bertz CT molecular complexity index is 1660. The van der Waals surface area contributed by atoms with Gasteiger partial charge in [-0.3, -0.25) is 0 Å². The van der Waals surface area contributed by atoms with E-state index in [0.29, 0.717) is 0 Å². The average Bonchev–Trinajstić information content (AvgIpc) is 3.64. The van der Waals surface area contributed by atoms with Crippen molar-refractivity contribution < 1.29 is 49.0 Å². The number of hydrogen-bond acceptors (Lipinski definition) is 0. The van der Waals surface area contributed by atoms with E-state index in [0.717, 1.165) is 6.42 Å². The molecule has 0 radical (unpaired) electrons. The second-order valence-electron chi connectivity index (χ2n) is 10.9. The van der Waals surface area contributed by atoms with Crippen molar-refractivity contribution in [3.63, 3.8) is 0 Å². The van der Waals surface area contributed by atoms with Crippen LogP contribution in [-0.4, -0.2) is 3.21 Å². The Morgan fingerprint density at radius 2 is 1.38 bits per heavy atom. The SMILES string of the molecule is CCCc1c(C)c(C2=CC=CC2)c2[cH-]c3cc(C)ccc3c2c1CCC.[Cl-].[Cl-].[Zr+2]=[C](c1ccccc1)c1ccccc1. The molecule has 0 nitrogen and oxygen atoms in total. The van der Waals surface area contributed by atoms with Gasteiger partial charge in [-0.25, -0.2) is 0 Å². The molecule has 5 aromatic rings. The van der Waals surface area contributed by atoms with E-state index in [1.807, 2.05) is 0 Å². The van der Waals surface area contributed by atoms with Gasteiger partial charge < -0.3 is 24.8 Å². The van der Waals surface area contributed by atoms with Gasteiger partial charge in [0.2, 0.25) is 0 Å². The number of aryl methyl sites for hydroxylation is 2. The van der Waals surface area contributed by atoms with Crippen LogP contribution >= 0.6 is 0 Å². The normalized spacial score (nSPS) is 11.9. The first-order valence-electron chi connectivity index (χ1n) is 14.7. The fraction of sp³-hybridized carbons (Fsp3) is 0.231. The van der Waals surface area contributed by atoms with Crippen LogP contribution in [0.3, 0.4) is 0 Å². The molecule has 214 valence electrons. The number of halogens is 2. The summed E-state index contributed by atoms with van der Waals surface area (Å²) in [6.07, 6.45) is 12.7. The van der Waals surface area contributed by atoms with Gasteiger partial charge in [0, 0.05) is 0 Å². The third-order valence-corrected chi connectivity index (χ3v) is 9.45. The Kier molecular flexibility index (Phi) is 12.9. The molecular formula is C39H39Cl2Zr-. The monoisotopic (exact) mass is 667 g/mol. The molecule has 0 aromatic heterocycles. The van der Waals surface area contributed by atoms with Crippen LogP contribution in [0.4, 0.5) is 0 Å². The average molecular weight is 670 g/mol. The molecule has 1 aliphatic rings. The molecule has 0 aliphatic heterocycles. The quantitative estimate of drug-likeness (QED) is 0.226. The van der Waals surface area contributed by atoms with Crippen molar-refractivity contribution in [2.24, 2.45) is 0 Å².